The fourth-order valence-corrected chi connectivity index (χ4v) is 3.48. The lowest BCUT2D eigenvalue weighted by Gasteiger charge is -2.22. The summed E-state index contributed by atoms with van der Waals surface area (Å²) in [5, 5.41) is 2.78. The number of hydrogen-bond acceptors (Lipinski definition) is 4. The van der Waals surface area contributed by atoms with Gasteiger partial charge in [-0.05, 0) is 56.2 Å². The molecule has 3 aromatic rings. The first-order valence-electron chi connectivity index (χ1n) is 10.8. The molecule has 0 fully saturated rings. The summed E-state index contributed by atoms with van der Waals surface area (Å²) in [4.78, 5) is 40.6. The molecule has 0 atom stereocenters. The van der Waals surface area contributed by atoms with E-state index in [0.29, 0.717) is 29.1 Å². The lowest BCUT2D eigenvalue weighted by Crippen LogP contribution is -2.38. The van der Waals surface area contributed by atoms with Crippen molar-refractivity contribution in [2.24, 2.45) is 0 Å². The first kappa shape index (κ1) is 23.7. The number of amides is 2. The van der Waals surface area contributed by atoms with Crippen LogP contribution in [0.2, 0.25) is 0 Å². The number of ketones is 1. The zero-order valence-electron chi connectivity index (χ0n) is 19.3. The van der Waals surface area contributed by atoms with Crippen LogP contribution in [0.3, 0.4) is 0 Å². The summed E-state index contributed by atoms with van der Waals surface area (Å²) >= 11 is 0. The third kappa shape index (κ3) is 5.66. The van der Waals surface area contributed by atoms with Gasteiger partial charge in [-0.3, -0.25) is 14.4 Å². The van der Waals surface area contributed by atoms with Gasteiger partial charge in [-0.15, -0.1) is 0 Å². The Kier molecular flexibility index (Phi) is 7.61. The number of nitrogens with zero attached hydrogens (tertiary/aromatic N) is 1. The number of carbonyl (C=O) groups excluding carboxylic acids is 3. The van der Waals surface area contributed by atoms with Crippen molar-refractivity contribution in [2.45, 2.75) is 20.8 Å². The van der Waals surface area contributed by atoms with Crippen molar-refractivity contribution in [2.75, 3.05) is 25.5 Å². The van der Waals surface area contributed by atoms with Crippen LogP contribution in [-0.4, -0.2) is 42.7 Å². The zero-order valence-corrected chi connectivity index (χ0v) is 19.3. The highest BCUT2D eigenvalue weighted by Crippen LogP contribution is 2.20. The highest BCUT2D eigenvalue weighted by atomic mass is 16.5. The second-order valence-electron chi connectivity index (χ2n) is 7.77. The molecule has 0 radical (unpaired) electrons. The molecule has 0 aromatic heterocycles. The molecule has 0 aliphatic rings. The predicted molar refractivity (Wildman–Crippen MR) is 129 cm³/mol. The molecule has 0 unspecified atom stereocenters. The number of hydrogen-bond donors (Lipinski definition) is 1. The molecule has 6 nitrogen and oxygen atoms in total. The molecule has 3 rings (SSSR count). The Morgan fingerprint density at radius 1 is 0.879 bits per heavy atom. The van der Waals surface area contributed by atoms with E-state index in [1.54, 1.807) is 68.6 Å². The monoisotopic (exact) mass is 444 g/mol. The van der Waals surface area contributed by atoms with E-state index in [0.717, 1.165) is 11.1 Å². The summed E-state index contributed by atoms with van der Waals surface area (Å²) in [5.41, 5.74) is 3.80. The zero-order chi connectivity index (χ0) is 24.0. The Bertz CT molecular complexity index is 1190. The average molecular weight is 445 g/mol. The topological polar surface area (TPSA) is 75.7 Å². The maximum atomic E-state index is 13.3. The van der Waals surface area contributed by atoms with Crippen LogP contribution in [0.1, 0.15) is 44.3 Å². The second-order valence-corrected chi connectivity index (χ2v) is 7.77. The van der Waals surface area contributed by atoms with Gasteiger partial charge in [0.25, 0.3) is 5.91 Å². The molecule has 1 N–H and O–H groups in total. The molecule has 3 aromatic carbocycles. The largest absolute Gasteiger partial charge is 0.497 e. The first-order chi connectivity index (χ1) is 15.8. The Hall–Kier alpha value is -3.93. The third-order valence-electron chi connectivity index (χ3n) is 5.53. The number of rotatable bonds is 8. The van der Waals surface area contributed by atoms with Crippen LogP contribution >= 0.6 is 0 Å². The lowest BCUT2D eigenvalue weighted by molar-refractivity contribution is -0.116. The lowest BCUT2D eigenvalue weighted by atomic mass is 9.95. The summed E-state index contributed by atoms with van der Waals surface area (Å²) in [6.45, 7) is 5.90. The van der Waals surface area contributed by atoms with Gasteiger partial charge in [0.1, 0.15) is 12.3 Å². The molecule has 0 heterocycles. The van der Waals surface area contributed by atoms with Gasteiger partial charge in [0, 0.05) is 29.4 Å². The summed E-state index contributed by atoms with van der Waals surface area (Å²) in [6.07, 6.45) is 0. The van der Waals surface area contributed by atoms with Gasteiger partial charge >= 0.3 is 0 Å². The number of carbonyl (C=O) groups is 3. The Morgan fingerprint density at radius 3 is 2.27 bits per heavy atom. The maximum absolute atomic E-state index is 13.3. The molecule has 2 amide bonds. The normalized spacial score (nSPS) is 10.4. The van der Waals surface area contributed by atoms with Crippen LogP contribution in [0.25, 0.3) is 0 Å². The van der Waals surface area contributed by atoms with Gasteiger partial charge in [-0.2, -0.15) is 0 Å². The number of anilines is 1. The minimum atomic E-state index is -0.369. The number of aryl methyl sites for hydroxylation is 2. The van der Waals surface area contributed by atoms with Crippen molar-refractivity contribution in [3.05, 3.63) is 94.5 Å². The SMILES string of the molecule is CCN(CC(=O)Nc1cccc(OC)c1)C(=O)c1ccccc1C(=O)c1ccc(C)c(C)c1. The van der Waals surface area contributed by atoms with E-state index < -0.39 is 0 Å². The van der Waals surface area contributed by atoms with Crippen LogP contribution in [0.5, 0.6) is 5.75 Å². The number of ether oxygens (including phenoxy) is 1. The van der Waals surface area contributed by atoms with Gasteiger partial charge in [0.05, 0.1) is 12.7 Å². The van der Waals surface area contributed by atoms with E-state index in [-0.39, 0.29) is 29.7 Å². The van der Waals surface area contributed by atoms with Crippen molar-refractivity contribution in [3.63, 3.8) is 0 Å². The number of benzene rings is 3. The predicted octanol–water partition coefficient (Wildman–Crippen LogP) is 4.64. The minimum absolute atomic E-state index is 0.140. The fraction of sp³-hybridized carbons (Fsp3) is 0.222. The van der Waals surface area contributed by atoms with Crippen LogP contribution in [0.15, 0.2) is 66.7 Å². The smallest absolute Gasteiger partial charge is 0.255 e. The molecule has 0 aliphatic carbocycles. The minimum Gasteiger partial charge on any atom is -0.497 e. The molecule has 6 heteroatoms. The molecule has 170 valence electrons. The summed E-state index contributed by atoms with van der Waals surface area (Å²) in [6, 6.07) is 19.2. The van der Waals surface area contributed by atoms with E-state index >= 15 is 0 Å². The van der Waals surface area contributed by atoms with Crippen molar-refractivity contribution in [1.82, 2.24) is 4.90 Å². The van der Waals surface area contributed by atoms with E-state index in [4.69, 9.17) is 4.74 Å². The second kappa shape index (κ2) is 10.6. The molecule has 0 aliphatic heterocycles. The van der Waals surface area contributed by atoms with Crippen LogP contribution in [0.4, 0.5) is 5.69 Å². The van der Waals surface area contributed by atoms with Crippen LogP contribution in [0, 0.1) is 13.8 Å². The van der Waals surface area contributed by atoms with Gasteiger partial charge in [-0.25, -0.2) is 0 Å². The van der Waals surface area contributed by atoms with E-state index in [2.05, 4.69) is 5.32 Å². The number of likely N-dealkylation sites (N-methyl/N-ethyl adjacent to an activating group) is 1. The standard InChI is InChI=1S/C27H28N2O4/c1-5-29(17-25(30)28-21-9-8-10-22(16-21)33-4)27(32)24-12-7-6-11-23(24)26(31)20-14-13-18(2)19(3)15-20/h6-16H,5,17H2,1-4H3,(H,28,30). The Labute approximate surface area is 194 Å². The fourth-order valence-electron chi connectivity index (χ4n) is 3.48. The van der Waals surface area contributed by atoms with E-state index in [1.165, 1.54) is 4.90 Å². The summed E-state index contributed by atoms with van der Waals surface area (Å²) in [5.74, 6) is -0.309. The van der Waals surface area contributed by atoms with Crippen molar-refractivity contribution in [1.29, 1.82) is 0 Å². The molecule has 0 bridgehead atoms. The summed E-state index contributed by atoms with van der Waals surface area (Å²) < 4.78 is 5.17. The van der Waals surface area contributed by atoms with Crippen LogP contribution < -0.4 is 10.1 Å². The van der Waals surface area contributed by atoms with Crippen molar-refractivity contribution < 1.29 is 19.1 Å². The van der Waals surface area contributed by atoms with Gasteiger partial charge in [-0.1, -0.05) is 36.4 Å². The highest BCUT2D eigenvalue weighted by Gasteiger charge is 2.23. The van der Waals surface area contributed by atoms with E-state index in [1.807, 2.05) is 26.0 Å². The molecular formula is C27H28N2O4. The van der Waals surface area contributed by atoms with Gasteiger partial charge in [0.2, 0.25) is 5.91 Å². The number of nitrogens with one attached hydrogen (secondary N) is 1. The Morgan fingerprint density at radius 2 is 1.61 bits per heavy atom. The average Bonchev–Trinajstić information content (AvgIpc) is 2.83. The van der Waals surface area contributed by atoms with E-state index in [9.17, 15) is 14.4 Å². The summed E-state index contributed by atoms with van der Waals surface area (Å²) in [7, 11) is 1.55. The molecule has 0 spiro atoms. The van der Waals surface area contributed by atoms with Gasteiger partial charge < -0.3 is 15.0 Å². The first-order valence-corrected chi connectivity index (χ1v) is 10.8. The number of methoxy groups -OCH3 is 1. The maximum Gasteiger partial charge on any atom is 0.255 e. The molecule has 0 saturated carbocycles. The quantitative estimate of drug-likeness (QED) is 0.514. The highest BCUT2D eigenvalue weighted by molar-refractivity contribution is 6.15. The molecule has 0 saturated heterocycles. The third-order valence-corrected chi connectivity index (χ3v) is 5.53. The van der Waals surface area contributed by atoms with Crippen molar-refractivity contribution >= 4 is 23.3 Å². The molecular weight excluding hydrogens is 416 g/mol. The molecule has 33 heavy (non-hydrogen) atoms. The van der Waals surface area contributed by atoms with Gasteiger partial charge in [0.15, 0.2) is 5.78 Å². The van der Waals surface area contributed by atoms with Crippen LogP contribution in [-0.2, 0) is 4.79 Å². The van der Waals surface area contributed by atoms with Crippen molar-refractivity contribution in [3.8, 4) is 5.75 Å². The Balaban J connectivity index is 1.80.